The van der Waals surface area contributed by atoms with Crippen LogP contribution in [0.5, 0.6) is 11.5 Å². The fourth-order valence-corrected chi connectivity index (χ4v) is 6.07. The number of rotatable bonds is 21. The van der Waals surface area contributed by atoms with Gasteiger partial charge in [-0.25, -0.2) is 0 Å². The number of hydrogen-bond donors (Lipinski definition) is 0. The number of benzene rings is 2. The summed E-state index contributed by atoms with van der Waals surface area (Å²) in [7, 11) is 8.30. The number of unbranched alkanes of at least 4 members (excludes halogenated alkanes) is 1. The lowest BCUT2D eigenvalue weighted by Crippen LogP contribution is -2.15. The Morgan fingerprint density at radius 3 is 1.43 bits per heavy atom. The van der Waals surface area contributed by atoms with Crippen molar-refractivity contribution < 1.29 is 9.47 Å². The molecule has 0 fully saturated rings. The molecule has 0 atom stereocenters. The van der Waals surface area contributed by atoms with Crippen LogP contribution in [-0.4, -0.2) is 94.3 Å². The number of aryl methyl sites for hydroxylation is 6. The normalized spacial score (nSPS) is 11.6. The Kier molecular flexibility index (Phi) is 15.0. The molecule has 0 spiro atoms. The monoisotopic (exact) mass is 758 g/mol. The fourth-order valence-electron chi connectivity index (χ4n) is 4.98. The highest BCUT2D eigenvalue weighted by Gasteiger charge is 2.08. The van der Waals surface area contributed by atoms with Crippen LogP contribution in [0.25, 0.3) is 0 Å². The van der Waals surface area contributed by atoms with Gasteiger partial charge in [-0.15, -0.1) is 10.2 Å². The first-order chi connectivity index (χ1) is 22.2. The van der Waals surface area contributed by atoms with Gasteiger partial charge in [0.2, 0.25) is 0 Å². The van der Waals surface area contributed by atoms with E-state index in [0.29, 0.717) is 13.2 Å². The first-order valence-electron chi connectivity index (χ1n) is 16.1. The molecule has 0 saturated heterocycles. The van der Waals surface area contributed by atoms with Crippen LogP contribution in [0, 0.1) is 0 Å². The quantitative estimate of drug-likeness (QED) is 0.0943. The molecular weight excluding hydrogens is 712 g/mol. The molecule has 2 aromatic carbocycles. The zero-order valence-corrected chi connectivity index (χ0v) is 30.8. The van der Waals surface area contributed by atoms with E-state index in [1.807, 2.05) is 21.5 Å². The summed E-state index contributed by atoms with van der Waals surface area (Å²) in [6, 6.07) is 12.6. The van der Waals surface area contributed by atoms with Crippen molar-refractivity contribution in [3.05, 3.63) is 80.3 Å². The summed E-state index contributed by atoms with van der Waals surface area (Å²) in [6.07, 6.45) is 11.8. The first-order valence-corrected chi connectivity index (χ1v) is 17.7. The number of halogens is 2. The smallest absolute Gasteiger partial charge is 0.133 e. The van der Waals surface area contributed by atoms with Crippen LogP contribution >= 0.6 is 31.9 Å². The van der Waals surface area contributed by atoms with E-state index < -0.39 is 0 Å². The van der Waals surface area contributed by atoms with E-state index in [2.05, 4.69) is 127 Å². The van der Waals surface area contributed by atoms with Crippen LogP contribution in [0.4, 0.5) is 0 Å². The van der Waals surface area contributed by atoms with Crippen molar-refractivity contribution in [3.63, 3.8) is 0 Å². The van der Waals surface area contributed by atoms with Gasteiger partial charge in [0.05, 0.1) is 33.5 Å². The van der Waals surface area contributed by atoms with E-state index in [9.17, 15) is 0 Å². The first kappa shape index (κ1) is 36.0. The van der Waals surface area contributed by atoms with Crippen molar-refractivity contribution in [1.82, 2.24) is 39.8 Å². The third kappa shape index (κ3) is 12.8. The number of aromatic nitrogens is 6. The molecule has 4 rings (SSSR count). The van der Waals surface area contributed by atoms with Crippen molar-refractivity contribution in [1.29, 1.82) is 0 Å². The van der Waals surface area contributed by atoms with E-state index in [4.69, 9.17) is 9.47 Å². The van der Waals surface area contributed by atoms with Gasteiger partial charge < -0.3 is 19.3 Å². The minimum atomic E-state index is 0.709. The third-order valence-corrected chi connectivity index (χ3v) is 8.79. The van der Waals surface area contributed by atoms with Gasteiger partial charge in [0.15, 0.2) is 0 Å². The third-order valence-electron chi connectivity index (χ3n) is 7.55. The van der Waals surface area contributed by atoms with Crippen LogP contribution in [0.1, 0.15) is 48.2 Å². The number of ether oxygens (including phenoxy) is 2. The highest BCUT2D eigenvalue weighted by molar-refractivity contribution is 9.10. The molecule has 0 saturated carbocycles. The van der Waals surface area contributed by atoms with Crippen LogP contribution < -0.4 is 9.47 Å². The van der Waals surface area contributed by atoms with E-state index in [0.717, 1.165) is 109 Å². The molecule has 0 aliphatic rings. The number of nitrogens with zero attached hydrogens (tertiary/aromatic N) is 8. The van der Waals surface area contributed by atoms with Gasteiger partial charge in [-0.2, -0.15) is 0 Å². The van der Waals surface area contributed by atoms with Gasteiger partial charge in [-0.1, -0.05) is 22.6 Å². The predicted molar refractivity (Wildman–Crippen MR) is 190 cm³/mol. The molecule has 0 unspecified atom stereocenters. The molecule has 2 heterocycles. The Morgan fingerprint density at radius 2 is 1.04 bits per heavy atom. The highest BCUT2D eigenvalue weighted by atomic mass is 79.9. The molecule has 0 aliphatic heterocycles. The SMILES string of the molecule is CN(C)CCCOc1ccc(CCn2cc(CCCCc3cn(CCc4ccc(OCCCN(C)C)c(Br)c4)nn3)nn2)cc1Br. The topological polar surface area (TPSA) is 86.4 Å². The van der Waals surface area contributed by atoms with Gasteiger partial charge >= 0.3 is 0 Å². The maximum absolute atomic E-state index is 5.92. The molecule has 250 valence electrons. The lowest BCUT2D eigenvalue weighted by Gasteiger charge is -2.12. The minimum Gasteiger partial charge on any atom is -0.492 e. The lowest BCUT2D eigenvalue weighted by molar-refractivity contribution is 0.280. The van der Waals surface area contributed by atoms with Crippen LogP contribution in [-0.2, 0) is 38.8 Å². The van der Waals surface area contributed by atoms with E-state index in [1.165, 1.54) is 11.1 Å². The highest BCUT2D eigenvalue weighted by Crippen LogP contribution is 2.27. The summed E-state index contributed by atoms with van der Waals surface area (Å²) in [6.45, 7) is 5.03. The van der Waals surface area contributed by atoms with Gasteiger partial charge in [-0.05, 0) is 147 Å². The molecular formula is C34H48Br2N8O2. The summed E-state index contributed by atoms with van der Waals surface area (Å²) >= 11 is 7.32. The van der Waals surface area contributed by atoms with E-state index >= 15 is 0 Å². The van der Waals surface area contributed by atoms with Crippen LogP contribution in [0.3, 0.4) is 0 Å². The summed E-state index contributed by atoms with van der Waals surface area (Å²) < 4.78 is 17.7. The summed E-state index contributed by atoms with van der Waals surface area (Å²) in [5.74, 6) is 1.78. The maximum atomic E-state index is 5.92. The van der Waals surface area contributed by atoms with E-state index in [1.54, 1.807) is 0 Å². The molecule has 0 aliphatic carbocycles. The zero-order chi connectivity index (χ0) is 32.7. The molecule has 12 heteroatoms. The second kappa shape index (κ2) is 19.1. The molecule has 46 heavy (non-hydrogen) atoms. The van der Waals surface area contributed by atoms with Crippen molar-refractivity contribution >= 4 is 31.9 Å². The second-order valence-corrected chi connectivity index (χ2v) is 13.9. The van der Waals surface area contributed by atoms with Crippen LogP contribution in [0.2, 0.25) is 0 Å². The fraction of sp³-hybridized carbons (Fsp3) is 0.529. The Morgan fingerprint density at radius 1 is 0.609 bits per heavy atom. The van der Waals surface area contributed by atoms with Crippen molar-refractivity contribution in [3.8, 4) is 11.5 Å². The van der Waals surface area contributed by atoms with E-state index in [-0.39, 0.29) is 0 Å². The molecule has 0 N–H and O–H groups in total. The van der Waals surface area contributed by atoms with Crippen molar-refractivity contribution in [2.45, 2.75) is 64.5 Å². The molecule has 0 amide bonds. The Balaban J connectivity index is 1.11. The van der Waals surface area contributed by atoms with Crippen LogP contribution in [0.15, 0.2) is 57.7 Å². The minimum absolute atomic E-state index is 0.709. The average Bonchev–Trinajstić information content (AvgIpc) is 3.68. The molecule has 0 radical (unpaired) electrons. The maximum Gasteiger partial charge on any atom is 0.133 e. The Labute approximate surface area is 290 Å². The van der Waals surface area contributed by atoms with Gasteiger partial charge in [0, 0.05) is 38.6 Å². The Hall–Kier alpha value is -2.80. The molecule has 4 aromatic rings. The Bertz CT molecular complexity index is 1360. The molecule has 2 aromatic heterocycles. The number of hydrogen-bond acceptors (Lipinski definition) is 8. The summed E-state index contributed by atoms with van der Waals surface area (Å²) in [5, 5.41) is 17.5. The molecule has 0 bridgehead atoms. The second-order valence-electron chi connectivity index (χ2n) is 12.2. The summed E-state index contributed by atoms with van der Waals surface area (Å²) in [5.41, 5.74) is 4.53. The van der Waals surface area contributed by atoms with Gasteiger partial charge in [0.1, 0.15) is 11.5 Å². The van der Waals surface area contributed by atoms with Gasteiger partial charge in [-0.3, -0.25) is 9.36 Å². The zero-order valence-electron chi connectivity index (χ0n) is 27.7. The standard InChI is InChI=1S/C34H48Br2N8O2/c1-41(2)17-7-21-45-33-13-11-27(23-31(33)35)15-19-43-25-29(37-39-43)9-5-6-10-30-26-44(40-38-30)20-16-28-12-14-34(32(36)24-28)46-22-8-18-42(3)4/h11-14,23-26H,5-10,15-22H2,1-4H3. The average molecular weight is 761 g/mol. The van der Waals surface area contributed by atoms with Crippen molar-refractivity contribution in [2.75, 3.05) is 54.5 Å². The van der Waals surface area contributed by atoms with Gasteiger partial charge in [0.25, 0.3) is 0 Å². The molecule has 10 nitrogen and oxygen atoms in total. The predicted octanol–water partition coefficient (Wildman–Crippen LogP) is 6.11. The largest absolute Gasteiger partial charge is 0.492 e. The lowest BCUT2D eigenvalue weighted by atomic mass is 10.1. The summed E-state index contributed by atoms with van der Waals surface area (Å²) in [4.78, 5) is 4.33. The van der Waals surface area contributed by atoms with Crippen molar-refractivity contribution in [2.24, 2.45) is 0 Å².